The van der Waals surface area contributed by atoms with Gasteiger partial charge in [-0.1, -0.05) is 0 Å². The normalized spacial score (nSPS) is 11.1. The van der Waals surface area contributed by atoms with Crippen LogP contribution in [0.4, 0.5) is 35.1 Å². The molecular weight excluding hydrogens is 725 g/mol. The molecule has 3 aromatic carbocycles. The highest BCUT2D eigenvalue weighted by atomic mass is 127. The van der Waals surface area contributed by atoms with Gasteiger partial charge in [0.25, 0.3) is 0 Å². The maximum absolute atomic E-state index is 13.7. The van der Waals surface area contributed by atoms with Crippen molar-refractivity contribution >= 4 is 49.6 Å². The molecule has 0 aliphatic heterocycles. The average molecular weight is 740 g/mol. The molecule has 13 heteroatoms. The second kappa shape index (κ2) is 11.8. The largest absolute Gasteiger partial charge is 0.326 e. The Bertz CT molecular complexity index is 1630. The Kier molecular flexibility index (Phi) is 8.83. The minimum Gasteiger partial charge on any atom is -0.326 e. The first-order valence-corrected chi connectivity index (χ1v) is 13.1. The molecule has 40 heavy (non-hydrogen) atoms. The molecule has 0 amide bonds. The van der Waals surface area contributed by atoms with Gasteiger partial charge in [-0.25, -0.2) is 40.1 Å². The van der Waals surface area contributed by atoms with E-state index in [1.54, 1.807) is 0 Å². The van der Waals surface area contributed by atoms with Crippen LogP contribution >= 0.6 is 38.5 Å². The Morgan fingerprint density at radius 1 is 0.725 bits per heavy atom. The summed E-state index contributed by atoms with van der Waals surface area (Å²) in [6.07, 6.45) is 5.55. The van der Waals surface area contributed by atoms with Crippen molar-refractivity contribution in [3.63, 3.8) is 0 Å². The number of halogens is 10. The van der Waals surface area contributed by atoms with E-state index in [4.69, 9.17) is 0 Å². The van der Waals surface area contributed by atoms with Crippen LogP contribution in [-0.2, 0) is 6.54 Å². The summed E-state index contributed by atoms with van der Waals surface area (Å²) in [7, 11) is 0. The summed E-state index contributed by atoms with van der Waals surface area (Å²) in [4.78, 5) is 8.50. The van der Waals surface area contributed by atoms with E-state index in [0.29, 0.717) is 0 Å². The molecule has 0 spiro atoms. The zero-order chi connectivity index (χ0) is 29.5. The summed E-state index contributed by atoms with van der Waals surface area (Å²) < 4.78 is 108. The lowest BCUT2D eigenvalue weighted by molar-refractivity contribution is 0.434. The number of fused-ring (bicyclic) bond motifs is 1. The maximum Gasteiger partial charge on any atom is 0.176 e. The number of benzene rings is 3. The van der Waals surface area contributed by atoms with Gasteiger partial charge in [0.2, 0.25) is 0 Å². The third kappa shape index (κ3) is 5.45. The first kappa shape index (κ1) is 29.9. The number of aryl methyl sites for hydroxylation is 2. The van der Waals surface area contributed by atoms with Gasteiger partial charge in [-0.05, 0) is 93.3 Å². The van der Waals surface area contributed by atoms with E-state index in [0.717, 1.165) is 34.7 Å². The van der Waals surface area contributed by atoms with Crippen LogP contribution in [-0.4, -0.2) is 14.5 Å². The van der Waals surface area contributed by atoms with Crippen molar-refractivity contribution < 1.29 is 35.1 Å². The molecule has 208 valence electrons. The van der Waals surface area contributed by atoms with E-state index in [1.807, 2.05) is 30.9 Å². The first-order valence-electron chi connectivity index (χ1n) is 11.2. The fourth-order valence-electron chi connectivity index (χ4n) is 3.77. The second-order valence-corrected chi connectivity index (χ2v) is 10.4. The molecule has 5 aromatic rings. The van der Waals surface area contributed by atoms with Crippen LogP contribution in [0.1, 0.15) is 16.7 Å². The number of pyridine rings is 1. The number of nitrogens with zero attached hydrogens (tertiary/aromatic N) is 3. The lowest BCUT2D eigenvalue weighted by Crippen LogP contribution is -2.08. The van der Waals surface area contributed by atoms with Crippen molar-refractivity contribution in [3.05, 3.63) is 114 Å². The highest BCUT2D eigenvalue weighted by Crippen LogP contribution is 2.39. The molecule has 0 fully saturated rings. The number of aromatic nitrogens is 3. The molecule has 0 aliphatic rings. The fourth-order valence-corrected chi connectivity index (χ4v) is 4.59. The lowest BCUT2D eigenvalue weighted by Gasteiger charge is -2.12. The van der Waals surface area contributed by atoms with E-state index in [-0.39, 0.29) is 0 Å². The van der Waals surface area contributed by atoms with Gasteiger partial charge in [0.1, 0.15) is 0 Å². The van der Waals surface area contributed by atoms with Crippen LogP contribution in [0, 0.1) is 64.0 Å². The molecule has 2 aromatic heterocycles. The zero-order valence-corrected chi connectivity index (χ0v) is 24.1. The third-order valence-corrected chi connectivity index (χ3v) is 7.65. The molecule has 0 radical (unpaired) electrons. The van der Waals surface area contributed by atoms with Gasteiger partial charge >= 0.3 is 0 Å². The van der Waals surface area contributed by atoms with Crippen LogP contribution in [0.3, 0.4) is 0 Å². The van der Waals surface area contributed by atoms with Crippen LogP contribution in [0.2, 0.25) is 0 Å². The van der Waals surface area contributed by atoms with Gasteiger partial charge < -0.3 is 4.57 Å². The van der Waals surface area contributed by atoms with Gasteiger partial charge in [-0.15, -0.1) is 0 Å². The molecular formula is C27H15BrF8IN3. The molecule has 5 rings (SSSR count). The Morgan fingerprint density at radius 2 is 1.20 bits per heavy atom. The summed E-state index contributed by atoms with van der Waals surface area (Å²) in [5, 5.41) is 0. The van der Waals surface area contributed by atoms with Crippen molar-refractivity contribution in [3.8, 4) is 11.1 Å². The molecule has 0 unspecified atom stereocenters. The van der Waals surface area contributed by atoms with Gasteiger partial charge in [0.15, 0.2) is 46.5 Å². The molecule has 0 saturated heterocycles. The molecule has 2 heterocycles. The Labute approximate surface area is 244 Å². The maximum atomic E-state index is 13.7. The van der Waals surface area contributed by atoms with Gasteiger partial charge in [-0.3, -0.25) is 4.98 Å². The average Bonchev–Trinajstić information content (AvgIpc) is 3.32. The first-order chi connectivity index (χ1) is 18.8. The fraction of sp³-hybridized carbons (Fsp3) is 0.111. The highest BCUT2D eigenvalue weighted by Gasteiger charge is 2.33. The SMILES string of the molecule is Cc1cc2ncn(Cc3ccncc3)c2cc1C.Fc1c(F)c(-c2c(F)c(F)c(I)c(F)c2F)c(F)c(F)c1Br. The van der Waals surface area contributed by atoms with Crippen molar-refractivity contribution in [1.29, 1.82) is 0 Å². The monoisotopic (exact) mass is 739 g/mol. The highest BCUT2D eigenvalue weighted by molar-refractivity contribution is 14.1. The van der Waals surface area contributed by atoms with Crippen LogP contribution < -0.4 is 0 Å². The minimum absolute atomic E-state index is 0.835. The van der Waals surface area contributed by atoms with E-state index >= 15 is 0 Å². The number of rotatable bonds is 3. The summed E-state index contributed by atoms with van der Waals surface area (Å²) in [6, 6.07) is 8.42. The number of hydrogen-bond acceptors (Lipinski definition) is 2. The van der Waals surface area contributed by atoms with Gasteiger partial charge in [-0.2, -0.15) is 0 Å². The topological polar surface area (TPSA) is 30.7 Å². The second-order valence-electron chi connectivity index (χ2n) is 8.54. The molecule has 0 bridgehead atoms. The predicted molar refractivity (Wildman–Crippen MR) is 145 cm³/mol. The van der Waals surface area contributed by atoms with E-state index in [1.165, 1.54) is 22.2 Å². The van der Waals surface area contributed by atoms with Crippen LogP contribution in [0.25, 0.3) is 22.2 Å². The molecule has 0 N–H and O–H groups in total. The Morgan fingerprint density at radius 3 is 1.73 bits per heavy atom. The standard InChI is InChI=1S/C15H15N3.C12BrF8I/c1-11-7-14-15(8-12(11)2)18(10-17-14)9-13-3-5-16-6-4-13;13-3-8(18)4(14)1(5(15)9(3)19)2-6(16)10(20)12(22)11(21)7(2)17/h3-8,10H,9H2,1-2H3;. The van der Waals surface area contributed by atoms with E-state index in [2.05, 4.69) is 56.4 Å². The minimum atomic E-state index is -2.21. The Hall–Kier alpha value is -3.07. The van der Waals surface area contributed by atoms with Crippen LogP contribution in [0.15, 0.2) is 47.5 Å². The number of hydrogen-bond donors (Lipinski definition) is 0. The van der Waals surface area contributed by atoms with E-state index < -0.39 is 65.7 Å². The van der Waals surface area contributed by atoms with Crippen molar-refractivity contribution in [2.45, 2.75) is 20.4 Å². The molecule has 0 saturated carbocycles. The Balaban J connectivity index is 0.000000188. The summed E-state index contributed by atoms with van der Waals surface area (Å²) >= 11 is 3.12. The van der Waals surface area contributed by atoms with Gasteiger partial charge in [0.05, 0.1) is 36.5 Å². The molecule has 3 nitrogen and oxygen atoms in total. The molecule has 0 atom stereocenters. The van der Waals surface area contributed by atoms with Crippen LogP contribution in [0.5, 0.6) is 0 Å². The summed E-state index contributed by atoms with van der Waals surface area (Å²) in [5.74, 6) is -16.7. The van der Waals surface area contributed by atoms with Gasteiger partial charge in [0, 0.05) is 18.9 Å². The number of imidazole rings is 1. The smallest absolute Gasteiger partial charge is 0.176 e. The lowest BCUT2D eigenvalue weighted by atomic mass is 10.0. The quantitative estimate of drug-likeness (QED) is 0.0801. The van der Waals surface area contributed by atoms with Crippen molar-refractivity contribution in [2.24, 2.45) is 0 Å². The predicted octanol–water partition coefficient (Wildman–Crippen LogP) is 8.93. The molecule has 0 aliphatic carbocycles. The van der Waals surface area contributed by atoms with Crippen molar-refractivity contribution in [1.82, 2.24) is 14.5 Å². The third-order valence-electron chi connectivity index (χ3n) is 6.01. The zero-order valence-electron chi connectivity index (χ0n) is 20.4. The summed E-state index contributed by atoms with van der Waals surface area (Å²) in [6.45, 7) is 5.09. The summed E-state index contributed by atoms with van der Waals surface area (Å²) in [5.41, 5.74) is 2.32. The van der Waals surface area contributed by atoms with E-state index in [9.17, 15) is 35.1 Å². The van der Waals surface area contributed by atoms with Crippen molar-refractivity contribution in [2.75, 3.05) is 0 Å².